The van der Waals surface area contributed by atoms with E-state index in [9.17, 15) is 14.9 Å². The van der Waals surface area contributed by atoms with Crippen LogP contribution in [0.1, 0.15) is 5.56 Å². The van der Waals surface area contributed by atoms with Crippen molar-refractivity contribution in [1.82, 2.24) is 9.97 Å². The van der Waals surface area contributed by atoms with Crippen LogP contribution in [0, 0.1) is 10.1 Å². The quantitative estimate of drug-likeness (QED) is 0.651. The fourth-order valence-electron chi connectivity index (χ4n) is 1.56. The Morgan fingerprint density at radius 3 is 2.95 bits per heavy atom. The third-order valence-corrected chi connectivity index (χ3v) is 2.49. The summed E-state index contributed by atoms with van der Waals surface area (Å²) in [6, 6.07) is 7.01. The molecule has 1 N–H and O–H groups in total. The molecular weight excluding hydrogens is 266 g/mol. The maximum atomic E-state index is 11.4. The van der Waals surface area contributed by atoms with E-state index in [-0.39, 0.29) is 12.5 Å². The lowest BCUT2D eigenvalue weighted by molar-refractivity contribution is -0.387. The second-order valence-corrected chi connectivity index (χ2v) is 3.78. The van der Waals surface area contributed by atoms with Crippen LogP contribution in [0.4, 0.5) is 5.69 Å². The molecule has 20 heavy (non-hydrogen) atoms. The Bertz CT molecular complexity index is 683. The van der Waals surface area contributed by atoms with Crippen molar-refractivity contribution in [3.63, 3.8) is 0 Å². The molecule has 8 heteroatoms. The highest BCUT2D eigenvalue weighted by molar-refractivity contribution is 5.37. The number of ether oxygens (including phenoxy) is 2. The molecule has 0 fully saturated rings. The van der Waals surface area contributed by atoms with E-state index in [0.29, 0.717) is 5.75 Å². The van der Waals surface area contributed by atoms with Gasteiger partial charge >= 0.3 is 17.1 Å². The first-order chi connectivity index (χ1) is 9.61. The van der Waals surface area contributed by atoms with Crippen LogP contribution in [0.25, 0.3) is 0 Å². The fraction of sp³-hybridized carbons (Fsp3) is 0.167. The Hall–Kier alpha value is -2.90. The molecule has 1 aromatic carbocycles. The summed E-state index contributed by atoms with van der Waals surface area (Å²) < 4.78 is 10.3. The smallest absolute Gasteiger partial charge is 0.395 e. The third kappa shape index (κ3) is 2.91. The predicted molar refractivity (Wildman–Crippen MR) is 68.8 cm³/mol. The molecule has 0 unspecified atom stereocenters. The van der Waals surface area contributed by atoms with Crippen LogP contribution in [0.15, 0.2) is 35.4 Å². The SMILES string of the molecule is COc1cccc(COc2nc[nH]c(=O)c2[N+](=O)[O-])c1. The average Bonchev–Trinajstić information content (AvgIpc) is 2.45. The monoisotopic (exact) mass is 277 g/mol. The van der Waals surface area contributed by atoms with Gasteiger partial charge in [0.05, 0.1) is 18.4 Å². The molecule has 104 valence electrons. The molecule has 1 aromatic heterocycles. The van der Waals surface area contributed by atoms with Crippen LogP contribution in [0.2, 0.25) is 0 Å². The lowest BCUT2D eigenvalue weighted by Crippen LogP contribution is -2.14. The molecule has 1 heterocycles. The van der Waals surface area contributed by atoms with Gasteiger partial charge in [-0.3, -0.25) is 14.9 Å². The third-order valence-electron chi connectivity index (χ3n) is 2.49. The molecule has 2 aromatic rings. The average molecular weight is 277 g/mol. The maximum Gasteiger partial charge on any atom is 0.395 e. The number of benzene rings is 1. The van der Waals surface area contributed by atoms with E-state index in [1.165, 1.54) is 7.11 Å². The largest absolute Gasteiger partial charge is 0.497 e. The summed E-state index contributed by atoms with van der Waals surface area (Å²) >= 11 is 0. The Morgan fingerprint density at radius 1 is 1.45 bits per heavy atom. The van der Waals surface area contributed by atoms with Crippen molar-refractivity contribution in [1.29, 1.82) is 0 Å². The minimum atomic E-state index is -0.856. The second kappa shape index (κ2) is 5.83. The molecule has 0 amide bonds. The standard InChI is InChI=1S/C12H11N3O5/c1-19-9-4-2-3-8(5-9)6-20-12-10(15(17)18)11(16)13-7-14-12/h2-5,7H,6H2,1H3,(H,13,14,16). The molecule has 0 saturated carbocycles. The summed E-state index contributed by atoms with van der Waals surface area (Å²) in [6.07, 6.45) is 1.05. The predicted octanol–water partition coefficient (Wildman–Crippen LogP) is 1.27. The minimum absolute atomic E-state index is 0.0362. The van der Waals surface area contributed by atoms with Crippen molar-refractivity contribution in [2.45, 2.75) is 6.61 Å². The normalized spacial score (nSPS) is 10.1. The van der Waals surface area contributed by atoms with Gasteiger partial charge in [-0.1, -0.05) is 12.1 Å². The van der Waals surface area contributed by atoms with Gasteiger partial charge in [0.15, 0.2) is 0 Å². The number of rotatable bonds is 5. The first-order valence-electron chi connectivity index (χ1n) is 5.59. The molecule has 0 aliphatic carbocycles. The zero-order chi connectivity index (χ0) is 14.5. The van der Waals surface area contributed by atoms with Gasteiger partial charge in [-0.25, -0.2) is 0 Å². The van der Waals surface area contributed by atoms with Crippen molar-refractivity contribution in [3.05, 3.63) is 56.6 Å². The van der Waals surface area contributed by atoms with Gasteiger partial charge in [0.1, 0.15) is 12.4 Å². The van der Waals surface area contributed by atoms with E-state index in [2.05, 4.69) is 9.97 Å². The van der Waals surface area contributed by atoms with Gasteiger partial charge in [-0.2, -0.15) is 4.98 Å². The molecule has 0 bridgehead atoms. The summed E-state index contributed by atoms with van der Waals surface area (Å²) in [5.74, 6) is 0.320. The lowest BCUT2D eigenvalue weighted by atomic mass is 10.2. The molecule has 0 atom stereocenters. The van der Waals surface area contributed by atoms with E-state index < -0.39 is 16.2 Å². The van der Waals surface area contributed by atoms with Crippen molar-refractivity contribution in [2.75, 3.05) is 7.11 Å². The topological polar surface area (TPSA) is 107 Å². The first kappa shape index (κ1) is 13.5. The molecule has 0 spiro atoms. The molecule has 0 aliphatic rings. The Kier molecular flexibility index (Phi) is 3.94. The molecule has 0 radical (unpaired) electrons. The summed E-state index contributed by atoms with van der Waals surface area (Å²) in [4.78, 5) is 27.1. The highest BCUT2D eigenvalue weighted by Gasteiger charge is 2.22. The summed E-state index contributed by atoms with van der Waals surface area (Å²) in [6.45, 7) is 0.0362. The van der Waals surface area contributed by atoms with Crippen molar-refractivity contribution >= 4 is 5.69 Å². The summed E-state index contributed by atoms with van der Waals surface area (Å²) in [5.41, 5.74) is -0.832. The van der Waals surface area contributed by atoms with Gasteiger partial charge in [0.2, 0.25) is 0 Å². The lowest BCUT2D eigenvalue weighted by Gasteiger charge is -2.06. The van der Waals surface area contributed by atoms with Gasteiger partial charge in [0.25, 0.3) is 0 Å². The number of hydrogen-bond acceptors (Lipinski definition) is 6. The van der Waals surface area contributed by atoms with E-state index in [0.717, 1.165) is 11.9 Å². The Labute approximate surface area is 113 Å². The minimum Gasteiger partial charge on any atom is -0.497 e. The van der Waals surface area contributed by atoms with Gasteiger partial charge in [0, 0.05) is 0 Å². The van der Waals surface area contributed by atoms with E-state index >= 15 is 0 Å². The molecule has 2 rings (SSSR count). The fourth-order valence-corrected chi connectivity index (χ4v) is 1.56. The summed E-state index contributed by atoms with van der Waals surface area (Å²) in [7, 11) is 1.53. The van der Waals surface area contributed by atoms with Crippen LogP contribution in [-0.2, 0) is 6.61 Å². The van der Waals surface area contributed by atoms with Gasteiger partial charge in [-0.05, 0) is 17.7 Å². The highest BCUT2D eigenvalue weighted by atomic mass is 16.6. The number of nitrogens with one attached hydrogen (secondary N) is 1. The number of nitro groups is 1. The number of nitrogens with zero attached hydrogens (tertiary/aromatic N) is 2. The van der Waals surface area contributed by atoms with Crippen LogP contribution >= 0.6 is 0 Å². The number of aromatic amines is 1. The van der Waals surface area contributed by atoms with E-state index in [1.54, 1.807) is 24.3 Å². The molecule has 8 nitrogen and oxygen atoms in total. The van der Waals surface area contributed by atoms with Crippen molar-refractivity contribution in [2.24, 2.45) is 0 Å². The van der Waals surface area contributed by atoms with Gasteiger partial charge in [-0.15, -0.1) is 0 Å². The van der Waals surface area contributed by atoms with Crippen LogP contribution in [0.3, 0.4) is 0 Å². The number of methoxy groups -OCH3 is 1. The number of hydrogen-bond donors (Lipinski definition) is 1. The van der Waals surface area contributed by atoms with Crippen molar-refractivity contribution < 1.29 is 14.4 Å². The molecular formula is C12H11N3O5. The highest BCUT2D eigenvalue weighted by Crippen LogP contribution is 2.20. The zero-order valence-corrected chi connectivity index (χ0v) is 10.5. The van der Waals surface area contributed by atoms with Crippen LogP contribution in [-0.4, -0.2) is 22.0 Å². The van der Waals surface area contributed by atoms with Crippen molar-refractivity contribution in [3.8, 4) is 11.6 Å². The molecule has 0 saturated heterocycles. The van der Waals surface area contributed by atoms with E-state index in [4.69, 9.17) is 9.47 Å². The number of aromatic nitrogens is 2. The maximum absolute atomic E-state index is 11.4. The summed E-state index contributed by atoms with van der Waals surface area (Å²) in [5, 5.41) is 10.8. The Balaban J connectivity index is 2.21. The molecule has 0 aliphatic heterocycles. The van der Waals surface area contributed by atoms with Crippen LogP contribution < -0.4 is 15.0 Å². The van der Waals surface area contributed by atoms with E-state index in [1.807, 2.05) is 0 Å². The Morgan fingerprint density at radius 2 is 2.25 bits per heavy atom. The zero-order valence-electron chi connectivity index (χ0n) is 10.5. The van der Waals surface area contributed by atoms with Crippen LogP contribution in [0.5, 0.6) is 11.6 Å². The number of H-pyrrole nitrogens is 1. The van der Waals surface area contributed by atoms with Gasteiger partial charge < -0.3 is 14.5 Å². The second-order valence-electron chi connectivity index (χ2n) is 3.78. The first-order valence-corrected chi connectivity index (χ1v) is 5.59.